The summed E-state index contributed by atoms with van der Waals surface area (Å²) < 4.78 is 4.67. The first-order chi connectivity index (χ1) is 8.47. The van der Waals surface area contributed by atoms with Crippen molar-refractivity contribution in [1.82, 2.24) is 0 Å². The average Bonchev–Trinajstić information content (AvgIpc) is 2.37. The van der Waals surface area contributed by atoms with Gasteiger partial charge in [0.1, 0.15) is 12.1 Å². The highest BCUT2D eigenvalue weighted by Crippen LogP contribution is 2.21. The third kappa shape index (κ3) is 3.25. The van der Waals surface area contributed by atoms with Crippen LogP contribution < -0.4 is 5.73 Å². The van der Waals surface area contributed by atoms with Crippen LogP contribution >= 0.6 is 0 Å². The third-order valence-electron chi connectivity index (χ3n) is 2.32. The molecule has 0 radical (unpaired) electrons. The number of nitro benzene ring substituents is 1. The maximum atomic E-state index is 11.3. The van der Waals surface area contributed by atoms with E-state index in [0.717, 1.165) is 0 Å². The minimum Gasteiger partial charge on any atom is -0.465 e. The van der Waals surface area contributed by atoms with Crippen molar-refractivity contribution in [3.63, 3.8) is 0 Å². The lowest BCUT2D eigenvalue weighted by atomic mass is 10.0. The zero-order valence-corrected chi connectivity index (χ0v) is 9.78. The van der Waals surface area contributed by atoms with E-state index in [1.54, 1.807) is 6.92 Å². The number of aliphatic hydroxyl groups excluding tert-OH is 1. The smallest absolute Gasteiger partial charge is 0.325 e. The summed E-state index contributed by atoms with van der Waals surface area (Å²) in [5.74, 6) is -0.753. The number of nitrogens with zero attached hydrogens (tertiary/aromatic N) is 1. The number of rotatable bonds is 5. The van der Waals surface area contributed by atoms with Crippen LogP contribution in [-0.4, -0.2) is 28.6 Å². The van der Waals surface area contributed by atoms with E-state index in [1.807, 2.05) is 0 Å². The molecular weight excluding hydrogens is 240 g/mol. The molecule has 18 heavy (non-hydrogen) atoms. The molecule has 0 amide bonds. The number of non-ortho nitro benzene ring substituents is 1. The van der Waals surface area contributed by atoms with Gasteiger partial charge in [-0.25, -0.2) is 0 Å². The van der Waals surface area contributed by atoms with Crippen molar-refractivity contribution in [1.29, 1.82) is 0 Å². The van der Waals surface area contributed by atoms with Crippen molar-refractivity contribution in [2.45, 2.75) is 19.1 Å². The van der Waals surface area contributed by atoms with Crippen molar-refractivity contribution in [3.8, 4) is 0 Å². The number of nitro groups is 1. The lowest BCUT2D eigenvalue weighted by Gasteiger charge is -2.17. The normalized spacial score (nSPS) is 13.7. The van der Waals surface area contributed by atoms with Crippen molar-refractivity contribution in [2.75, 3.05) is 6.61 Å². The molecule has 0 aliphatic rings. The number of ether oxygens (including phenoxy) is 1. The van der Waals surface area contributed by atoms with Gasteiger partial charge in [0.05, 0.1) is 11.5 Å². The second kappa shape index (κ2) is 6.08. The van der Waals surface area contributed by atoms with Gasteiger partial charge in [0.2, 0.25) is 0 Å². The molecule has 2 unspecified atom stereocenters. The highest BCUT2D eigenvalue weighted by molar-refractivity contribution is 5.76. The van der Waals surface area contributed by atoms with Crippen molar-refractivity contribution in [2.24, 2.45) is 5.73 Å². The summed E-state index contributed by atoms with van der Waals surface area (Å²) in [7, 11) is 0. The summed E-state index contributed by atoms with van der Waals surface area (Å²) in [6.45, 7) is 1.76. The SMILES string of the molecule is CCOC(=O)C(N)C(O)c1cccc([N+](=O)[O-])c1. The zero-order chi connectivity index (χ0) is 13.7. The molecule has 98 valence electrons. The van der Waals surface area contributed by atoms with E-state index in [0.29, 0.717) is 0 Å². The van der Waals surface area contributed by atoms with Crippen molar-refractivity contribution in [3.05, 3.63) is 39.9 Å². The molecule has 0 bridgehead atoms. The Morgan fingerprint density at radius 3 is 2.83 bits per heavy atom. The van der Waals surface area contributed by atoms with Crippen LogP contribution in [0.2, 0.25) is 0 Å². The molecule has 0 aromatic heterocycles. The summed E-state index contributed by atoms with van der Waals surface area (Å²) in [4.78, 5) is 21.3. The van der Waals surface area contributed by atoms with Crippen LogP contribution in [0, 0.1) is 10.1 Å². The highest BCUT2D eigenvalue weighted by Gasteiger charge is 2.26. The van der Waals surface area contributed by atoms with Crippen LogP contribution in [0.1, 0.15) is 18.6 Å². The Morgan fingerprint density at radius 1 is 1.61 bits per heavy atom. The van der Waals surface area contributed by atoms with Gasteiger partial charge in [-0.15, -0.1) is 0 Å². The topological polar surface area (TPSA) is 116 Å². The first kappa shape index (κ1) is 14.1. The Kier molecular flexibility index (Phi) is 4.75. The number of hydrogen-bond donors (Lipinski definition) is 2. The van der Waals surface area contributed by atoms with Gasteiger partial charge in [0.25, 0.3) is 5.69 Å². The second-order valence-corrected chi connectivity index (χ2v) is 3.57. The second-order valence-electron chi connectivity index (χ2n) is 3.57. The predicted molar refractivity (Wildman–Crippen MR) is 62.7 cm³/mol. The Balaban J connectivity index is 2.89. The Labute approximate surface area is 103 Å². The minimum atomic E-state index is -1.34. The average molecular weight is 254 g/mol. The molecule has 0 saturated heterocycles. The number of esters is 1. The molecule has 7 nitrogen and oxygen atoms in total. The van der Waals surface area contributed by atoms with Crippen molar-refractivity contribution >= 4 is 11.7 Å². The van der Waals surface area contributed by atoms with Crippen molar-refractivity contribution < 1.29 is 19.6 Å². The van der Waals surface area contributed by atoms with Crippen LogP contribution in [0.3, 0.4) is 0 Å². The molecule has 3 N–H and O–H groups in total. The fraction of sp³-hybridized carbons (Fsp3) is 0.364. The van der Waals surface area contributed by atoms with Gasteiger partial charge in [0, 0.05) is 12.1 Å². The van der Waals surface area contributed by atoms with Crippen LogP contribution in [0.25, 0.3) is 0 Å². The van der Waals surface area contributed by atoms with E-state index in [4.69, 9.17) is 5.73 Å². The molecule has 2 atom stereocenters. The monoisotopic (exact) mass is 254 g/mol. The maximum absolute atomic E-state index is 11.3. The summed E-state index contributed by atoms with van der Waals surface area (Å²) in [6, 6.07) is 4.05. The van der Waals surface area contributed by atoms with Crippen LogP contribution in [0.5, 0.6) is 0 Å². The molecule has 0 spiro atoms. The van der Waals surface area contributed by atoms with Gasteiger partial charge >= 0.3 is 5.97 Å². The summed E-state index contributed by atoms with van der Waals surface area (Å²) in [5, 5.41) is 20.4. The fourth-order valence-corrected chi connectivity index (χ4v) is 1.40. The van der Waals surface area contributed by atoms with Gasteiger partial charge in [-0.3, -0.25) is 14.9 Å². The van der Waals surface area contributed by atoms with Gasteiger partial charge in [0.15, 0.2) is 0 Å². The first-order valence-electron chi connectivity index (χ1n) is 5.32. The standard InChI is InChI=1S/C11H14N2O5/c1-2-18-11(15)9(12)10(14)7-4-3-5-8(6-7)13(16)17/h3-6,9-10,14H,2,12H2,1H3. The molecule has 1 aromatic rings. The van der Waals surface area contributed by atoms with E-state index in [-0.39, 0.29) is 17.9 Å². The van der Waals surface area contributed by atoms with E-state index in [1.165, 1.54) is 24.3 Å². The van der Waals surface area contributed by atoms with Gasteiger partial charge in [-0.2, -0.15) is 0 Å². The van der Waals surface area contributed by atoms with E-state index in [9.17, 15) is 20.0 Å². The Bertz CT molecular complexity index is 449. The number of carbonyl (C=O) groups excluding carboxylic acids is 1. The first-order valence-corrected chi connectivity index (χ1v) is 5.32. The van der Waals surface area contributed by atoms with E-state index >= 15 is 0 Å². The molecule has 0 aliphatic carbocycles. The van der Waals surface area contributed by atoms with Gasteiger partial charge < -0.3 is 15.6 Å². The Hall–Kier alpha value is -1.99. The number of nitrogens with two attached hydrogens (primary N) is 1. The van der Waals surface area contributed by atoms with Gasteiger partial charge in [-0.1, -0.05) is 12.1 Å². The largest absolute Gasteiger partial charge is 0.465 e. The summed E-state index contributed by atoms with van der Waals surface area (Å²) in [5.41, 5.74) is 5.53. The Morgan fingerprint density at radius 2 is 2.28 bits per heavy atom. The molecule has 0 saturated carbocycles. The summed E-state index contributed by atoms with van der Waals surface area (Å²) >= 11 is 0. The molecule has 0 fully saturated rings. The summed E-state index contributed by atoms with van der Waals surface area (Å²) in [6.07, 6.45) is -1.34. The molecule has 1 aromatic carbocycles. The predicted octanol–water partition coefficient (Wildman–Crippen LogP) is 0.519. The number of hydrogen-bond acceptors (Lipinski definition) is 6. The van der Waals surface area contributed by atoms with E-state index < -0.39 is 23.0 Å². The molecule has 0 heterocycles. The number of aliphatic hydroxyl groups is 1. The lowest BCUT2D eigenvalue weighted by molar-refractivity contribution is -0.385. The van der Waals surface area contributed by atoms with Crippen LogP contribution in [0.4, 0.5) is 5.69 Å². The van der Waals surface area contributed by atoms with E-state index in [2.05, 4.69) is 4.74 Å². The third-order valence-corrected chi connectivity index (χ3v) is 2.32. The molecular formula is C11H14N2O5. The molecule has 1 rings (SSSR count). The number of carbonyl (C=O) groups is 1. The maximum Gasteiger partial charge on any atom is 0.325 e. The fourth-order valence-electron chi connectivity index (χ4n) is 1.40. The zero-order valence-electron chi connectivity index (χ0n) is 9.78. The van der Waals surface area contributed by atoms with Gasteiger partial charge in [-0.05, 0) is 12.5 Å². The molecule has 7 heteroatoms. The number of benzene rings is 1. The molecule has 0 aliphatic heterocycles. The minimum absolute atomic E-state index is 0.147. The lowest BCUT2D eigenvalue weighted by Crippen LogP contribution is -2.38. The van der Waals surface area contributed by atoms with Crippen LogP contribution in [-0.2, 0) is 9.53 Å². The highest BCUT2D eigenvalue weighted by atomic mass is 16.6. The van der Waals surface area contributed by atoms with Crippen LogP contribution in [0.15, 0.2) is 24.3 Å². The quantitative estimate of drug-likeness (QED) is 0.449.